The van der Waals surface area contributed by atoms with Gasteiger partial charge < -0.3 is 20.6 Å². The van der Waals surface area contributed by atoms with E-state index in [9.17, 15) is 19.5 Å². The monoisotopic (exact) mass is 389 g/mol. The summed E-state index contributed by atoms with van der Waals surface area (Å²) in [5.41, 5.74) is 0.926. The van der Waals surface area contributed by atoms with E-state index in [4.69, 9.17) is 0 Å². The largest absolute Gasteiger partial charge is 0.481 e. The van der Waals surface area contributed by atoms with Crippen molar-refractivity contribution in [3.8, 4) is 0 Å². The maximum Gasteiger partial charge on any atom is 0.317 e. The quantitative estimate of drug-likeness (QED) is 0.634. The lowest BCUT2D eigenvalue weighted by Gasteiger charge is -2.32. The van der Waals surface area contributed by atoms with Gasteiger partial charge in [0.15, 0.2) is 0 Å². The molecular formula is C21H31N3O4. The fourth-order valence-electron chi connectivity index (χ4n) is 3.29. The van der Waals surface area contributed by atoms with Gasteiger partial charge in [0.1, 0.15) is 0 Å². The Kier molecular flexibility index (Phi) is 8.29. The number of carboxylic acid groups (broad SMARTS) is 1. The zero-order valence-corrected chi connectivity index (χ0v) is 16.7. The fourth-order valence-corrected chi connectivity index (χ4v) is 3.29. The number of nitrogens with zero attached hydrogens (tertiary/aromatic N) is 1. The Balaban J connectivity index is 1.85. The molecule has 7 nitrogen and oxygen atoms in total. The van der Waals surface area contributed by atoms with Gasteiger partial charge in [-0.2, -0.15) is 0 Å². The maximum atomic E-state index is 12.5. The number of piperidine rings is 1. The van der Waals surface area contributed by atoms with Gasteiger partial charge in [-0.25, -0.2) is 4.79 Å². The number of urea groups is 1. The van der Waals surface area contributed by atoms with E-state index in [1.807, 2.05) is 44.2 Å². The van der Waals surface area contributed by atoms with E-state index < -0.39 is 11.9 Å². The molecule has 3 amide bonds. The van der Waals surface area contributed by atoms with E-state index in [-0.39, 0.29) is 24.4 Å². The highest BCUT2D eigenvalue weighted by atomic mass is 16.4. The Bertz CT molecular complexity index is 663. The number of carboxylic acids is 1. The van der Waals surface area contributed by atoms with Crippen molar-refractivity contribution in [2.45, 2.75) is 33.1 Å². The van der Waals surface area contributed by atoms with Gasteiger partial charge in [0.05, 0.1) is 11.8 Å². The molecule has 0 aromatic heterocycles. The number of hydrogen-bond donors (Lipinski definition) is 3. The van der Waals surface area contributed by atoms with E-state index in [1.54, 1.807) is 4.90 Å². The van der Waals surface area contributed by atoms with Crippen LogP contribution in [0.4, 0.5) is 4.79 Å². The summed E-state index contributed by atoms with van der Waals surface area (Å²) in [4.78, 5) is 38.0. The van der Waals surface area contributed by atoms with E-state index in [2.05, 4.69) is 10.6 Å². The Morgan fingerprint density at radius 3 is 2.50 bits per heavy atom. The third kappa shape index (κ3) is 6.87. The molecule has 1 heterocycles. The Hall–Kier alpha value is -2.57. The van der Waals surface area contributed by atoms with Crippen molar-refractivity contribution in [1.29, 1.82) is 0 Å². The van der Waals surface area contributed by atoms with E-state index in [0.717, 1.165) is 12.0 Å². The SMILES string of the molecule is CC(C)CNC(=O)N1CCCC(C(=O)NCC(Cc2ccccc2)C(=O)O)C1. The topological polar surface area (TPSA) is 98.7 Å². The molecule has 7 heteroatoms. The normalized spacial score (nSPS) is 17.8. The van der Waals surface area contributed by atoms with Crippen LogP contribution >= 0.6 is 0 Å². The summed E-state index contributed by atoms with van der Waals surface area (Å²) in [5, 5.41) is 15.1. The Labute approximate surface area is 166 Å². The molecule has 1 aliphatic heterocycles. The van der Waals surface area contributed by atoms with Crippen LogP contribution in [0.1, 0.15) is 32.3 Å². The number of nitrogens with one attached hydrogen (secondary N) is 2. The molecule has 2 unspecified atom stereocenters. The Morgan fingerprint density at radius 1 is 1.14 bits per heavy atom. The first-order valence-corrected chi connectivity index (χ1v) is 9.94. The van der Waals surface area contributed by atoms with Gasteiger partial charge >= 0.3 is 12.0 Å². The van der Waals surface area contributed by atoms with Crippen molar-refractivity contribution in [3.63, 3.8) is 0 Å². The number of hydrogen-bond acceptors (Lipinski definition) is 3. The predicted molar refractivity (Wildman–Crippen MR) is 107 cm³/mol. The molecule has 3 N–H and O–H groups in total. The second-order valence-electron chi connectivity index (χ2n) is 7.84. The number of carbonyl (C=O) groups excluding carboxylic acids is 2. The summed E-state index contributed by atoms with van der Waals surface area (Å²) in [6, 6.07) is 9.24. The van der Waals surface area contributed by atoms with Crippen molar-refractivity contribution in [2.75, 3.05) is 26.2 Å². The summed E-state index contributed by atoms with van der Waals surface area (Å²) in [6.07, 6.45) is 1.83. The van der Waals surface area contributed by atoms with Crippen molar-refractivity contribution >= 4 is 17.9 Å². The van der Waals surface area contributed by atoms with E-state index >= 15 is 0 Å². The van der Waals surface area contributed by atoms with Crippen LogP contribution in [0.5, 0.6) is 0 Å². The first kappa shape index (κ1) is 21.7. The van der Waals surface area contributed by atoms with Crippen molar-refractivity contribution in [1.82, 2.24) is 15.5 Å². The smallest absolute Gasteiger partial charge is 0.317 e. The molecule has 1 fully saturated rings. The molecular weight excluding hydrogens is 358 g/mol. The maximum absolute atomic E-state index is 12.5. The fraction of sp³-hybridized carbons (Fsp3) is 0.571. The van der Waals surface area contributed by atoms with Crippen LogP contribution in [0, 0.1) is 17.8 Å². The van der Waals surface area contributed by atoms with Crippen molar-refractivity contribution in [3.05, 3.63) is 35.9 Å². The molecule has 2 atom stereocenters. The van der Waals surface area contributed by atoms with Gasteiger partial charge in [0.25, 0.3) is 0 Å². The van der Waals surface area contributed by atoms with Gasteiger partial charge in [-0.1, -0.05) is 44.2 Å². The molecule has 0 bridgehead atoms. The van der Waals surface area contributed by atoms with Gasteiger partial charge in [-0.3, -0.25) is 9.59 Å². The van der Waals surface area contributed by atoms with Crippen LogP contribution in [-0.4, -0.2) is 54.1 Å². The van der Waals surface area contributed by atoms with Gasteiger partial charge in [0, 0.05) is 26.2 Å². The number of rotatable bonds is 8. The molecule has 0 radical (unpaired) electrons. The molecule has 1 aromatic carbocycles. The number of carbonyl (C=O) groups is 3. The first-order chi connectivity index (χ1) is 13.4. The van der Waals surface area contributed by atoms with Crippen LogP contribution in [0.15, 0.2) is 30.3 Å². The minimum atomic E-state index is -0.928. The number of aliphatic carboxylic acids is 1. The van der Waals surface area contributed by atoms with Crippen LogP contribution in [0.2, 0.25) is 0 Å². The molecule has 1 aliphatic rings. The predicted octanol–water partition coefficient (Wildman–Crippen LogP) is 2.12. The molecule has 28 heavy (non-hydrogen) atoms. The molecule has 0 saturated carbocycles. The highest BCUT2D eigenvalue weighted by Gasteiger charge is 2.29. The van der Waals surface area contributed by atoms with Crippen LogP contribution in [0.25, 0.3) is 0 Å². The third-order valence-corrected chi connectivity index (χ3v) is 4.94. The average molecular weight is 389 g/mol. The second-order valence-corrected chi connectivity index (χ2v) is 7.84. The molecule has 2 rings (SSSR count). The lowest BCUT2D eigenvalue weighted by atomic mass is 9.96. The number of benzene rings is 1. The Morgan fingerprint density at radius 2 is 1.86 bits per heavy atom. The third-order valence-electron chi connectivity index (χ3n) is 4.94. The zero-order chi connectivity index (χ0) is 20.5. The highest BCUT2D eigenvalue weighted by molar-refractivity contribution is 5.81. The van der Waals surface area contributed by atoms with E-state index in [1.165, 1.54) is 0 Å². The molecule has 154 valence electrons. The standard InChI is InChI=1S/C21H31N3O4/c1-15(2)12-23-21(28)24-10-6-9-17(14-24)19(25)22-13-18(20(26)27)11-16-7-4-3-5-8-16/h3-5,7-8,15,17-18H,6,9-14H2,1-2H3,(H,22,25)(H,23,28)(H,26,27). The van der Waals surface area contributed by atoms with Crippen molar-refractivity contribution < 1.29 is 19.5 Å². The zero-order valence-electron chi connectivity index (χ0n) is 16.7. The minimum Gasteiger partial charge on any atom is -0.481 e. The summed E-state index contributed by atoms with van der Waals surface area (Å²) in [7, 11) is 0. The summed E-state index contributed by atoms with van der Waals surface area (Å²) >= 11 is 0. The molecule has 0 spiro atoms. The number of likely N-dealkylation sites (tertiary alicyclic amines) is 1. The molecule has 1 aromatic rings. The molecule has 1 saturated heterocycles. The first-order valence-electron chi connectivity index (χ1n) is 9.94. The van der Waals surface area contributed by atoms with Crippen molar-refractivity contribution in [2.24, 2.45) is 17.8 Å². The van der Waals surface area contributed by atoms with Gasteiger partial charge in [0.2, 0.25) is 5.91 Å². The summed E-state index contributed by atoms with van der Waals surface area (Å²) in [6.45, 7) is 5.75. The van der Waals surface area contributed by atoms with E-state index in [0.29, 0.717) is 38.4 Å². The summed E-state index contributed by atoms with van der Waals surface area (Å²) < 4.78 is 0. The lowest BCUT2D eigenvalue weighted by molar-refractivity contribution is -0.141. The van der Waals surface area contributed by atoms with Crippen LogP contribution < -0.4 is 10.6 Å². The number of amides is 3. The highest BCUT2D eigenvalue weighted by Crippen LogP contribution is 2.17. The molecule has 0 aliphatic carbocycles. The van der Waals surface area contributed by atoms with Crippen LogP contribution in [0.3, 0.4) is 0 Å². The van der Waals surface area contributed by atoms with Gasteiger partial charge in [-0.15, -0.1) is 0 Å². The summed E-state index contributed by atoms with van der Waals surface area (Å²) in [5.74, 6) is -1.72. The second kappa shape index (κ2) is 10.7. The lowest BCUT2D eigenvalue weighted by Crippen LogP contribution is -2.50. The average Bonchev–Trinajstić information content (AvgIpc) is 2.69. The van der Waals surface area contributed by atoms with Gasteiger partial charge in [-0.05, 0) is 30.7 Å². The van der Waals surface area contributed by atoms with Crippen LogP contribution in [-0.2, 0) is 16.0 Å². The minimum absolute atomic E-state index is 0.0824.